The minimum absolute atomic E-state index is 0.137. The molecule has 0 spiro atoms. The number of ether oxygens (including phenoxy) is 1. The molecule has 0 saturated carbocycles. The Morgan fingerprint density at radius 3 is 2.33 bits per heavy atom. The molecule has 3 rings (SSSR count). The number of fused-ring (bicyclic) bond motifs is 1. The summed E-state index contributed by atoms with van der Waals surface area (Å²) in [6, 6.07) is 10.7. The van der Waals surface area contributed by atoms with Crippen molar-refractivity contribution in [3.8, 4) is 22.6 Å². The molecule has 1 N–H and O–H groups in total. The molecule has 7 nitrogen and oxygen atoms in total. The van der Waals surface area contributed by atoms with Gasteiger partial charge in [0.05, 0.1) is 18.1 Å². The maximum Gasteiger partial charge on any atom is 0.446 e. The van der Waals surface area contributed by atoms with Crippen LogP contribution in [0.15, 0.2) is 57.9 Å². The molecule has 0 saturated heterocycles. The number of rotatable bonds is 4. The van der Waals surface area contributed by atoms with E-state index in [1.54, 1.807) is 31.4 Å². The summed E-state index contributed by atoms with van der Waals surface area (Å²) in [5.41, 5.74) is 0.872. The standard InChI is InChI=1S/C16H12O7S/c1-21-11-4-2-10(3-5-11)14-9-22-15-8-12(23-24(18,19)20)6-7-13(15)16(14)17/h2-9H,1H3,(H,18,19,20). The summed E-state index contributed by atoms with van der Waals surface area (Å²) in [7, 11) is -3.10. The van der Waals surface area contributed by atoms with Crippen LogP contribution < -0.4 is 14.3 Å². The van der Waals surface area contributed by atoms with Crippen molar-refractivity contribution in [1.29, 1.82) is 0 Å². The van der Waals surface area contributed by atoms with Crippen molar-refractivity contribution in [3.63, 3.8) is 0 Å². The van der Waals surface area contributed by atoms with Crippen LogP contribution in [-0.2, 0) is 10.4 Å². The highest BCUT2D eigenvalue weighted by atomic mass is 32.3. The van der Waals surface area contributed by atoms with Gasteiger partial charge >= 0.3 is 10.4 Å². The largest absolute Gasteiger partial charge is 0.497 e. The topological polar surface area (TPSA) is 103 Å². The van der Waals surface area contributed by atoms with Crippen LogP contribution >= 0.6 is 0 Å². The maximum atomic E-state index is 12.6. The lowest BCUT2D eigenvalue weighted by molar-refractivity contribution is 0.387. The van der Waals surface area contributed by atoms with Gasteiger partial charge in [0, 0.05) is 6.07 Å². The second kappa shape index (κ2) is 5.99. The summed E-state index contributed by atoms with van der Waals surface area (Å²) < 4.78 is 44.9. The van der Waals surface area contributed by atoms with E-state index in [0.29, 0.717) is 16.9 Å². The van der Waals surface area contributed by atoms with Gasteiger partial charge in [0.15, 0.2) is 5.43 Å². The minimum atomic E-state index is -4.65. The van der Waals surface area contributed by atoms with E-state index >= 15 is 0 Å². The van der Waals surface area contributed by atoms with Crippen molar-refractivity contribution in [3.05, 3.63) is 59.0 Å². The summed E-state index contributed by atoms with van der Waals surface area (Å²) >= 11 is 0. The molecule has 0 aliphatic heterocycles. The molecule has 2 aromatic carbocycles. The summed E-state index contributed by atoms with van der Waals surface area (Å²) in [5.74, 6) is 0.501. The van der Waals surface area contributed by atoms with Crippen molar-refractivity contribution in [1.82, 2.24) is 0 Å². The van der Waals surface area contributed by atoms with Crippen molar-refractivity contribution < 1.29 is 26.3 Å². The van der Waals surface area contributed by atoms with Gasteiger partial charge < -0.3 is 13.3 Å². The van der Waals surface area contributed by atoms with E-state index in [9.17, 15) is 13.2 Å². The van der Waals surface area contributed by atoms with E-state index in [4.69, 9.17) is 13.7 Å². The van der Waals surface area contributed by atoms with Crippen LogP contribution in [0.25, 0.3) is 22.1 Å². The smallest absolute Gasteiger partial charge is 0.446 e. The zero-order valence-electron chi connectivity index (χ0n) is 12.4. The third-order valence-corrected chi connectivity index (χ3v) is 3.75. The fourth-order valence-corrected chi connectivity index (χ4v) is 2.60. The number of hydrogen-bond acceptors (Lipinski definition) is 6. The van der Waals surface area contributed by atoms with Gasteiger partial charge in [-0.2, -0.15) is 8.42 Å². The second-order valence-corrected chi connectivity index (χ2v) is 5.90. The van der Waals surface area contributed by atoms with Gasteiger partial charge in [-0.15, -0.1) is 0 Å². The zero-order valence-corrected chi connectivity index (χ0v) is 13.2. The van der Waals surface area contributed by atoms with Crippen molar-refractivity contribution in [2.45, 2.75) is 0 Å². The van der Waals surface area contributed by atoms with E-state index < -0.39 is 10.4 Å². The van der Waals surface area contributed by atoms with Crippen molar-refractivity contribution >= 4 is 21.4 Å². The summed E-state index contributed by atoms with van der Waals surface area (Å²) in [6.45, 7) is 0. The van der Waals surface area contributed by atoms with E-state index in [2.05, 4.69) is 4.18 Å². The summed E-state index contributed by atoms with van der Waals surface area (Å²) in [4.78, 5) is 12.6. The minimum Gasteiger partial charge on any atom is -0.497 e. The Labute approximate surface area is 137 Å². The molecule has 0 radical (unpaired) electrons. The molecule has 8 heteroatoms. The molecule has 1 heterocycles. The lowest BCUT2D eigenvalue weighted by Gasteiger charge is -2.06. The van der Waals surface area contributed by atoms with Gasteiger partial charge in [-0.1, -0.05) is 12.1 Å². The Balaban J connectivity index is 2.07. The van der Waals surface area contributed by atoms with Crippen LogP contribution in [0.1, 0.15) is 0 Å². The first-order valence-corrected chi connectivity index (χ1v) is 8.11. The molecule has 0 atom stereocenters. The SMILES string of the molecule is COc1ccc(-c2coc3cc(OS(=O)(=O)O)ccc3c2=O)cc1. The van der Waals surface area contributed by atoms with Crippen molar-refractivity contribution in [2.24, 2.45) is 0 Å². The molecule has 1 aromatic heterocycles. The Bertz CT molecular complexity index is 1050. The fourth-order valence-electron chi connectivity index (χ4n) is 2.25. The van der Waals surface area contributed by atoms with Gasteiger partial charge in [-0.25, -0.2) is 0 Å². The van der Waals surface area contributed by atoms with Gasteiger partial charge in [0.1, 0.15) is 23.3 Å². The zero-order chi connectivity index (χ0) is 17.3. The quantitative estimate of drug-likeness (QED) is 0.723. The van der Waals surface area contributed by atoms with Crippen molar-refractivity contribution in [2.75, 3.05) is 7.11 Å². The first kappa shape index (κ1) is 16.0. The third kappa shape index (κ3) is 3.24. The van der Waals surface area contributed by atoms with Crippen LogP contribution in [-0.4, -0.2) is 20.1 Å². The maximum absolute atomic E-state index is 12.6. The molecule has 0 aliphatic rings. The van der Waals surface area contributed by atoms with Crippen LogP contribution in [0.2, 0.25) is 0 Å². The molecular weight excluding hydrogens is 336 g/mol. The summed E-state index contributed by atoms with van der Waals surface area (Å²) in [5, 5.41) is 0.256. The number of hydrogen-bond donors (Lipinski definition) is 1. The second-order valence-electron chi connectivity index (χ2n) is 4.88. The highest BCUT2D eigenvalue weighted by Gasteiger charge is 2.12. The molecule has 0 bridgehead atoms. The van der Waals surface area contributed by atoms with Crippen LogP contribution in [0, 0.1) is 0 Å². The van der Waals surface area contributed by atoms with E-state index in [-0.39, 0.29) is 22.1 Å². The molecule has 3 aromatic rings. The Hall–Kier alpha value is -2.84. The molecule has 124 valence electrons. The first-order chi connectivity index (χ1) is 11.4. The van der Waals surface area contributed by atoms with Crippen LogP contribution in [0.3, 0.4) is 0 Å². The Kier molecular flexibility index (Phi) is 4.00. The van der Waals surface area contributed by atoms with Gasteiger partial charge in [-0.05, 0) is 29.8 Å². The van der Waals surface area contributed by atoms with Crippen LogP contribution in [0.4, 0.5) is 0 Å². The van der Waals surface area contributed by atoms with Gasteiger partial charge in [0.2, 0.25) is 0 Å². The third-order valence-electron chi connectivity index (χ3n) is 3.35. The predicted molar refractivity (Wildman–Crippen MR) is 86.6 cm³/mol. The molecule has 0 unspecified atom stereocenters. The average molecular weight is 348 g/mol. The van der Waals surface area contributed by atoms with E-state index in [1.807, 2.05) is 0 Å². The average Bonchev–Trinajstić information content (AvgIpc) is 2.54. The number of benzene rings is 2. The monoisotopic (exact) mass is 348 g/mol. The number of methoxy groups -OCH3 is 1. The highest BCUT2D eigenvalue weighted by Crippen LogP contribution is 2.24. The van der Waals surface area contributed by atoms with Crippen LogP contribution in [0.5, 0.6) is 11.5 Å². The highest BCUT2D eigenvalue weighted by molar-refractivity contribution is 7.81. The lowest BCUT2D eigenvalue weighted by atomic mass is 10.1. The Morgan fingerprint density at radius 1 is 1.04 bits per heavy atom. The predicted octanol–water partition coefficient (Wildman–Crippen LogP) is 2.65. The lowest BCUT2D eigenvalue weighted by Crippen LogP contribution is -2.08. The molecule has 0 fully saturated rings. The molecule has 0 aliphatic carbocycles. The molecular formula is C16H12O7S. The molecule has 24 heavy (non-hydrogen) atoms. The fraction of sp³-hybridized carbons (Fsp3) is 0.0625. The first-order valence-electron chi connectivity index (χ1n) is 6.74. The normalized spacial score (nSPS) is 11.4. The van der Waals surface area contributed by atoms with E-state index in [1.165, 1.54) is 24.5 Å². The Morgan fingerprint density at radius 2 is 1.71 bits per heavy atom. The van der Waals surface area contributed by atoms with Gasteiger partial charge in [0.25, 0.3) is 0 Å². The van der Waals surface area contributed by atoms with E-state index in [0.717, 1.165) is 0 Å². The van der Waals surface area contributed by atoms with Gasteiger partial charge in [-0.3, -0.25) is 9.35 Å². The summed E-state index contributed by atoms with van der Waals surface area (Å²) in [6.07, 6.45) is 1.28. The molecule has 0 amide bonds.